The van der Waals surface area contributed by atoms with Gasteiger partial charge in [-0.05, 0) is 48.6 Å². The highest BCUT2D eigenvalue weighted by Gasteiger charge is 2.32. The van der Waals surface area contributed by atoms with Gasteiger partial charge < -0.3 is 19.3 Å². The molecule has 1 atom stereocenters. The van der Waals surface area contributed by atoms with Crippen molar-refractivity contribution < 1.29 is 19.1 Å². The van der Waals surface area contributed by atoms with Gasteiger partial charge in [-0.15, -0.1) is 0 Å². The normalized spacial score (nSPS) is 20.5. The maximum Gasteiger partial charge on any atom is 0.255 e. The molecule has 2 amide bonds. The zero-order valence-corrected chi connectivity index (χ0v) is 17.6. The van der Waals surface area contributed by atoms with E-state index >= 15 is 0 Å². The summed E-state index contributed by atoms with van der Waals surface area (Å²) in [6.45, 7) is 3.42. The molecule has 0 aromatic carbocycles. The number of carbonyl (C=O) groups excluding carboxylic acids is 2. The summed E-state index contributed by atoms with van der Waals surface area (Å²) in [5.74, 6) is 0.171. The highest BCUT2D eigenvalue weighted by atomic mass is 16.5. The third-order valence-electron chi connectivity index (χ3n) is 5.78. The van der Waals surface area contributed by atoms with Gasteiger partial charge in [0.25, 0.3) is 5.91 Å². The highest BCUT2D eigenvalue weighted by Crippen LogP contribution is 2.19. The van der Waals surface area contributed by atoms with Crippen LogP contribution >= 0.6 is 0 Å². The summed E-state index contributed by atoms with van der Waals surface area (Å²) in [4.78, 5) is 37.6. The maximum absolute atomic E-state index is 13.1. The van der Waals surface area contributed by atoms with Crippen LogP contribution in [0.3, 0.4) is 0 Å². The average Bonchev–Trinajstić information content (AvgIpc) is 2.98. The van der Waals surface area contributed by atoms with Crippen molar-refractivity contribution in [2.24, 2.45) is 5.92 Å². The number of pyridine rings is 2. The van der Waals surface area contributed by atoms with Gasteiger partial charge in [-0.2, -0.15) is 0 Å². The average molecular weight is 425 g/mol. The lowest BCUT2D eigenvalue weighted by molar-refractivity contribution is -0.132. The van der Waals surface area contributed by atoms with E-state index < -0.39 is 0 Å². The Kier molecular flexibility index (Phi) is 7.22. The van der Waals surface area contributed by atoms with Crippen molar-refractivity contribution >= 4 is 11.8 Å². The van der Waals surface area contributed by atoms with E-state index in [4.69, 9.17) is 9.47 Å². The van der Waals surface area contributed by atoms with E-state index in [0.717, 1.165) is 31.6 Å². The first-order valence-electron chi connectivity index (χ1n) is 10.7. The number of carbonyl (C=O) groups is 2. The van der Waals surface area contributed by atoms with Gasteiger partial charge in [-0.1, -0.05) is 0 Å². The van der Waals surface area contributed by atoms with Crippen molar-refractivity contribution in [3.8, 4) is 0 Å². The molecular weight excluding hydrogens is 396 g/mol. The SMILES string of the molecule is O=C1CN(C(=O)c2cccnc2)CC(OCc2ccncc2)CN1CC1CCOCC1. The summed E-state index contributed by atoms with van der Waals surface area (Å²) in [5, 5.41) is 0. The second-order valence-corrected chi connectivity index (χ2v) is 8.07. The first-order chi connectivity index (χ1) is 15.2. The second-order valence-electron chi connectivity index (χ2n) is 8.07. The van der Waals surface area contributed by atoms with Crippen LogP contribution in [0.2, 0.25) is 0 Å². The Morgan fingerprint density at radius 3 is 2.65 bits per heavy atom. The molecule has 0 N–H and O–H groups in total. The van der Waals surface area contributed by atoms with E-state index in [1.165, 1.54) is 6.20 Å². The lowest BCUT2D eigenvalue weighted by Crippen LogP contribution is -2.42. The largest absolute Gasteiger partial charge is 0.381 e. The second kappa shape index (κ2) is 10.5. The fourth-order valence-corrected chi connectivity index (χ4v) is 4.02. The summed E-state index contributed by atoms with van der Waals surface area (Å²) in [6.07, 6.45) is 8.23. The van der Waals surface area contributed by atoms with Crippen molar-refractivity contribution in [1.82, 2.24) is 19.8 Å². The van der Waals surface area contributed by atoms with E-state index in [2.05, 4.69) is 9.97 Å². The molecule has 2 aliphatic heterocycles. The van der Waals surface area contributed by atoms with Crippen LogP contribution in [0.1, 0.15) is 28.8 Å². The predicted molar refractivity (Wildman–Crippen MR) is 113 cm³/mol. The molecule has 8 heteroatoms. The van der Waals surface area contributed by atoms with Crippen LogP contribution in [0.15, 0.2) is 49.1 Å². The van der Waals surface area contributed by atoms with E-state index in [1.807, 2.05) is 17.0 Å². The van der Waals surface area contributed by atoms with Crippen LogP contribution in [0.4, 0.5) is 0 Å². The predicted octanol–water partition coefficient (Wildman–Crippen LogP) is 1.77. The Balaban J connectivity index is 1.48. The molecule has 31 heavy (non-hydrogen) atoms. The molecule has 8 nitrogen and oxygen atoms in total. The fourth-order valence-electron chi connectivity index (χ4n) is 4.02. The molecule has 0 bridgehead atoms. The molecule has 0 aliphatic carbocycles. The number of ether oxygens (including phenoxy) is 2. The lowest BCUT2D eigenvalue weighted by atomic mass is 9.99. The van der Waals surface area contributed by atoms with Crippen molar-refractivity contribution in [3.05, 3.63) is 60.2 Å². The molecule has 0 saturated carbocycles. The fraction of sp³-hybridized carbons (Fsp3) is 0.478. The number of nitrogens with zero attached hydrogens (tertiary/aromatic N) is 4. The van der Waals surface area contributed by atoms with Gasteiger partial charge in [0.2, 0.25) is 5.91 Å². The van der Waals surface area contributed by atoms with Crippen LogP contribution in [0.5, 0.6) is 0 Å². The van der Waals surface area contributed by atoms with Gasteiger partial charge in [0.15, 0.2) is 0 Å². The molecule has 164 valence electrons. The van der Waals surface area contributed by atoms with Crippen molar-refractivity contribution in [1.29, 1.82) is 0 Å². The van der Waals surface area contributed by atoms with Crippen LogP contribution in [0.25, 0.3) is 0 Å². The first kappa shape index (κ1) is 21.4. The molecular formula is C23H28N4O4. The molecule has 2 aromatic rings. The molecule has 4 heterocycles. The number of aromatic nitrogens is 2. The first-order valence-corrected chi connectivity index (χ1v) is 10.7. The van der Waals surface area contributed by atoms with Crippen molar-refractivity contribution in [3.63, 3.8) is 0 Å². The molecule has 2 saturated heterocycles. The zero-order valence-electron chi connectivity index (χ0n) is 17.6. The van der Waals surface area contributed by atoms with E-state index in [0.29, 0.717) is 37.7 Å². The van der Waals surface area contributed by atoms with Gasteiger partial charge in [0.1, 0.15) is 6.54 Å². The maximum atomic E-state index is 13.1. The van der Waals surface area contributed by atoms with Crippen molar-refractivity contribution in [2.75, 3.05) is 39.4 Å². The van der Waals surface area contributed by atoms with Gasteiger partial charge in [-0.25, -0.2) is 0 Å². The molecule has 0 spiro atoms. The summed E-state index contributed by atoms with van der Waals surface area (Å²) < 4.78 is 11.6. The molecule has 1 unspecified atom stereocenters. The zero-order chi connectivity index (χ0) is 21.5. The Hall–Kier alpha value is -2.84. The number of amides is 2. The Morgan fingerprint density at radius 1 is 1.10 bits per heavy atom. The summed E-state index contributed by atoms with van der Waals surface area (Å²) in [5.41, 5.74) is 1.48. The number of hydrogen-bond acceptors (Lipinski definition) is 6. The van der Waals surface area contributed by atoms with Crippen LogP contribution in [-0.4, -0.2) is 77.1 Å². The third-order valence-corrected chi connectivity index (χ3v) is 5.78. The van der Waals surface area contributed by atoms with E-state index in [9.17, 15) is 9.59 Å². The number of hydrogen-bond donors (Lipinski definition) is 0. The third kappa shape index (κ3) is 5.86. The van der Waals surface area contributed by atoms with Crippen LogP contribution < -0.4 is 0 Å². The van der Waals surface area contributed by atoms with E-state index in [1.54, 1.807) is 35.6 Å². The summed E-state index contributed by atoms with van der Waals surface area (Å²) in [6, 6.07) is 7.25. The minimum atomic E-state index is -0.278. The van der Waals surface area contributed by atoms with Crippen LogP contribution in [-0.2, 0) is 20.9 Å². The molecule has 0 radical (unpaired) electrons. The highest BCUT2D eigenvalue weighted by molar-refractivity contribution is 5.96. The quantitative estimate of drug-likeness (QED) is 0.703. The van der Waals surface area contributed by atoms with Gasteiger partial charge in [-0.3, -0.25) is 19.6 Å². The monoisotopic (exact) mass is 424 g/mol. The lowest BCUT2D eigenvalue weighted by Gasteiger charge is -2.30. The topological polar surface area (TPSA) is 84.9 Å². The van der Waals surface area contributed by atoms with Gasteiger partial charge in [0.05, 0.1) is 18.3 Å². The summed E-state index contributed by atoms with van der Waals surface area (Å²) >= 11 is 0. The molecule has 4 rings (SSSR count). The smallest absolute Gasteiger partial charge is 0.255 e. The Bertz CT molecular complexity index is 858. The van der Waals surface area contributed by atoms with Gasteiger partial charge >= 0.3 is 0 Å². The van der Waals surface area contributed by atoms with Gasteiger partial charge in [0, 0.05) is 57.6 Å². The molecule has 2 aliphatic rings. The minimum Gasteiger partial charge on any atom is -0.381 e. The summed E-state index contributed by atoms with van der Waals surface area (Å²) in [7, 11) is 0. The van der Waals surface area contributed by atoms with E-state index in [-0.39, 0.29) is 24.5 Å². The number of rotatable bonds is 6. The Morgan fingerprint density at radius 2 is 1.90 bits per heavy atom. The molecule has 2 fully saturated rings. The standard InChI is InChI=1S/C23H28N4O4/c28-22-16-27(23(29)20-2-1-7-25-12-20)15-21(31-17-19-3-8-24-9-4-19)14-26(22)13-18-5-10-30-11-6-18/h1-4,7-9,12,18,21H,5-6,10-11,13-17H2. The molecule has 2 aromatic heterocycles. The van der Waals surface area contributed by atoms with Crippen LogP contribution in [0, 0.1) is 5.92 Å². The minimum absolute atomic E-state index is 0.0428. The Labute approximate surface area is 182 Å². The van der Waals surface area contributed by atoms with Crippen molar-refractivity contribution in [2.45, 2.75) is 25.6 Å².